The molecule has 0 radical (unpaired) electrons. The highest BCUT2D eigenvalue weighted by Crippen LogP contribution is 2.28. The zero-order valence-electron chi connectivity index (χ0n) is 16.5. The number of anilines is 3. The second-order valence-electron chi connectivity index (χ2n) is 6.79. The van der Waals surface area contributed by atoms with Crippen LogP contribution in [0.5, 0.6) is 0 Å². The highest BCUT2D eigenvalue weighted by molar-refractivity contribution is 6.28. The molecule has 1 aliphatic carbocycles. The van der Waals surface area contributed by atoms with Gasteiger partial charge in [-0.2, -0.15) is 0 Å². The van der Waals surface area contributed by atoms with E-state index in [4.69, 9.17) is 16.6 Å². The molecule has 7 heteroatoms. The molecule has 0 unspecified atom stereocenters. The summed E-state index contributed by atoms with van der Waals surface area (Å²) in [5.74, 6) is 1.62. The Morgan fingerprint density at radius 3 is 2.90 bits per heavy atom. The van der Waals surface area contributed by atoms with E-state index in [2.05, 4.69) is 75.4 Å². The molecule has 2 heterocycles. The molecule has 148 valence electrons. The van der Waals surface area contributed by atoms with Crippen LogP contribution in [-0.2, 0) is 6.54 Å². The van der Waals surface area contributed by atoms with Crippen molar-refractivity contribution in [2.24, 2.45) is 0 Å². The van der Waals surface area contributed by atoms with Gasteiger partial charge in [0.25, 0.3) is 0 Å². The van der Waals surface area contributed by atoms with Crippen LogP contribution in [0.2, 0.25) is 5.28 Å². The van der Waals surface area contributed by atoms with Crippen LogP contribution in [0.15, 0.2) is 66.4 Å². The Morgan fingerprint density at radius 2 is 2.07 bits per heavy atom. The van der Waals surface area contributed by atoms with Crippen molar-refractivity contribution in [3.05, 3.63) is 71.7 Å². The Morgan fingerprint density at radius 1 is 1.17 bits per heavy atom. The molecule has 1 aliphatic rings. The van der Waals surface area contributed by atoms with Crippen LogP contribution >= 0.6 is 11.6 Å². The summed E-state index contributed by atoms with van der Waals surface area (Å²) in [6.45, 7) is 3.74. The third kappa shape index (κ3) is 4.17. The van der Waals surface area contributed by atoms with Crippen molar-refractivity contribution in [2.75, 3.05) is 23.8 Å². The number of nitrogens with one attached hydrogen (secondary N) is 1. The minimum atomic E-state index is 0.231. The number of aromatic nitrogens is 4. The van der Waals surface area contributed by atoms with E-state index in [-0.39, 0.29) is 5.28 Å². The number of fused-ring (bicyclic) bond motifs is 1. The Labute approximate surface area is 175 Å². The number of benzene rings is 1. The third-order valence-corrected chi connectivity index (χ3v) is 5.12. The third-order valence-electron chi connectivity index (χ3n) is 4.93. The first-order valence-electron chi connectivity index (χ1n) is 9.63. The van der Waals surface area contributed by atoms with Crippen molar-refractivity contribution in [1.29, 1.82) is 0 Å². The average Bonchev–Trinajstić information content (AvgIpc) is 2.88. The van der Waals surface area contributed by atoms with Gasteiger partial charge < -0.3 is 14.8 Å². The lowest BCUT2D eigenvalue weighted by Gasteiger charge is -2.18. The van der Waals surface area contributed by atoms with Crippen molar-refractivity contribution in [1.82, 2.24) is 19.5 Å². The smallest absolute Gasteiger partial charge is 0.224 e. The van der Waals surface area contributed by atoms with Gasteiger partial charge in [0.1, 0.15) is 5.82 Å². The Hall–Kier alpha value is -3.12. The van der Waals surface area contributed by atoms with E-state index in [1.54, 1.807) is 6.20 Å². The number of rotatable bonds is 6. The highest BCUT2D eigenvalue weighted by Gasteiger charge is 2.13. The standard InChI is InChI=1S/C22H23ClN6/c1-3-29-19-11-10-17(28(2)20-12-13-24-21(23)27-20)14-18(19)26-22(29)25-15-16-8-6-4-5-7-9-16/h4-8,10-14H,3,9,15H2,1-2H3,(H,25,26). The van der Waals surface area contributed by atoms with Crippen molar-refractivity contribution in [2.45, 2.75) is 19.9 Å². The monoisotopic (exact) mass is 406 g/mol. The van der Waals surface area contributed by atoms with Crippen LogP contribution in [0, 0.1) is 0 Å². The molecule has 3 aromatic rings. The fourth-order valence-corrected chi connectivity index (χ4v) is 3.52. The summed E-state index contributed by atoms with van der Waals surface area (Å²) < 4.78 is 2.20. The summed E-state index contributed by atoms with van der Waals surface area (Å²) in [7, 11) is 1.95. The van der Waals surface area contributed by atoms with Gasteiger partial charge in [-0.05, 0) is 54.8 Å². The van der Waals surface area contributed by atoms with Gasteiger partial charge in [0.05, 0.1) is 11.0 Å². The van der Waals surface area contributed by atoms with Gasteiger partial charge in [-0.25, -0.2) is 15.0 Å². The summed E-state index contributed by atoms with van der Waals surface area (Å²) in [6.07, 6.45) is 13.1. The summed E-state index contributed by atoms with van der Waals surface area (Å²) in [5.41, 5.74) is 4.35. The van der Waals surface area contributed by atoms with Crippen molar-refractivity contribution in [3.8, 4) is 0 Å². The molecule has 1 N–H and O–H groups in total. The Bertz CT molecular complexity index is 1110. The van der Waals surface area contributed by atoms with E-state index >= 15 is 0 Å². The van der Waals surface area contributed by atoms with Gasteiger partial charge in [-0.1, -0.05) is 30.4 Å². The van der Waals surface area contributed by atoms with Gasteiger partial charge in [0.15, 0.2) is 0 Å². The van der Waals surface area contributed by atoms with E-state index < -0.39 is 0 Å². The molecule has 2 aromatic heterocycles. The van der Waals surface area contributed by atoms with Crippen LogP contribution in [0.4, 0.5) is 17.5 Å². The average molecular weight is 407 g/mol. The zero-order valence-corrected chi connectivity index (χ0v) is 17.3. The molecule has 0 bridgehead atoms. The van der Waals surface area contributed by atoms with Crippen LogP contribution in [0.25, 0.3) is 11.0 Å². The number of hydrogen-bond acceptors (Lipinski definition) is 5. The molecule has 0 fully saturated rings. The number of nitrogens with zero attached hydrogens (tertiary/aromatic N) is 5. The molecular weight excluding hydrogens is 384 g/mol. The maximum Gasteiger partial charge on any atom is 0.224 e. The van der Waals surface area contributed by atoms with Crippen molar-refractivity contribution < 1.29 is 0 Å². The molecule has 0 amide bonds. The molecular formula is C22H23ClN6. The van der Waals surface area contributed by atoms with E-state index in [0.29, 0.717) is 0 Å². The van der Waals surface area contributed by atoms with E-state index in [9.17, 15) is 0 Å². The van der Waals surface area contributed by atoms with Crippen molar-refractivity contribution in [3.63, 3.8) is 0 Å². The van der Waals surface area contributed by atoms with E-state index in [1.165, 1.54) is 5.57 Å². The lowest BCUT2D eigenvalue weighted by molar-refractivity contribution is 0.790. The van der Waals surface area contributed by atoms with Crippen LogP contribution in [-0.4, -0.2) is 33.1 Å². The number of halogens is 1. The molecule has 1 aromatic carbocycles. The van der Waals surface area contributed by atoms with Crippen LogP contribution in [0.3, 0.4) is 0 Å². The summed E-state index contributed by atoms with van der Waals surface area (Å²) in [4.78, 5) is 15.1. The quantitative estimate of drug-likeness (QED) is 0.575. The first-order valence-corrected chi connectivity index (χ1v) is 10.0. The SMILES string of the molecule is CCn1c(NCC2=CC=CC=CC2)nc2cc(N(C)c3ccnc(Cl)n3)ccc21. The van der Waals surface area contributed by atoms with Crippen molar-refractivity contribution >= 4 is 40.1 Å². The highest BCUT2D eigenvalue weighted by atomic mass is 35.5. The topological polar surface area (TPSA) is 58.9 Å². The van der Waals surface area contributed by atoms with Gasteiger partial charge in [0, 0.05) is 32.0 Å². The molecule has 6 nitrogen and oxygen atoms in total. The van der Waals surface area contributed by atoms with Crippen LogP contribution < -0.4 is 10.2 Å². The minimum Gasteiger partial charge on any atom is -0.352 e. The first-order chi connectivity index (χ1) is 14.2. The number of aryl methyl sites for hydroxylation is 1. The Balaban J connectivity index is 1.61. The number of allylic oxidation sites excluding steroid dienone is 5. The second kappa shape index (κ2) is 8.49. The number of imidazole rings is 1. The predicted octanol–water partition coefficient (Wildman–Crippen LogP) is 5.12. The van der Waals surface area contributed by atoms with E-state index in [0.717, 1.165) is 48.0 Å². The van der Waals surface area contributed by atoms with Gasteiger partial charge >= 0.3 is 0 Å². The van der Waals surface area contributed by atoms with Gasteiger partial charge in [-0.15, -0.1) is 0 Å². The molecule has 0 saturated heterocycles. The zero-order chi connectivity index (χ0) is 20.2. The summed E-state index contributed by atoms with van der Waals surface area (Å²) in [5, 5.41) is 3.73. The first kappa shape index (κ1) is 19.2. The maximum atomic E-state index is 5.94. The molecule has 0 atom stereocenters. The minimum absolute atomic E-state index is 0.231. The summed E-state index contributed by atoms with van der Waals surface area (Å²) >= 11 is 5.94. The van der Waals surface area contributed by atoms with E-state index in [1.807, 2.05) is 18.0 Å². The number of hydrogen-bond donors (Lipinski definition) is 1. The molecule has 0 aliphatic heterocycles. The molecule has 0 saturated carbocycles. The molecule has 4 rings (SSSR count). The van der Waals surface area contributed by atoms with Gasteiger partial charge in [0.2, 0.25) is 11.2 Å². The maximum absolute atomic E-state index is 5.94. The molecule has 29 heavy (non-hydrogen) atoms. The second-order valence-corrected chi connectivity index (χ2v) is 7.13. The van der Waals surface area contributed by atoms with Gasteiger partial charge in [-0.3, -0.25) is 0 Å². The largest absolute Gasteiger partial charge is 0.352 e. The fourth-order valence-electron chi connectivity index (χ4n) is 3.37. The fraction of sp³-hybridized carbons (Fsp3) is 0.227. The summed E-state index contributed by atoms with van der Waals surface area (Å²) in [6, 6.07) is 8.07. The predicted molar refractivity (Wildman–Crippen MR) is 120 cm³/mol. The van der Waals surface area contributed by atoms with Crippen LogP contribution in [0.1, 0.15) is 13.3 Å². The lowest BCUT2D eigenvalue weighted by atomic mass is 10.2. The lowest BCUT2D eigenvalue weighted by Crippen LogP contribution is -2.11. The normalized spacial score (nSPS) is 13.4. The molecule has 0 spiro atoms. The Kier molecular flexibility index (Phi) is 5.62.